The van der Waals surface area contributed by atoms with Gasteiger partial charge in [-0.3, -0.25) is 9.78 Å². The van der Waals surface area contributed by atoms with Crippen LogP contribution in [-0.4, -0.2) is 25.8 Å². The number of para-hydroxylation sites is 1. The summed E-state index contributed by atoms with van der Waals surface area (Å²) in [7, 11) is 0. The van der Waals surface area contributed by atoms with Gasteiger partial charge in [-0.1, -0.05) is 18.2 Å². The number of rotatable bonds is 6. The van der Waals surface area contributed by atoms with Crippen molar-refractivity contribution in [1.82, 2.24) is 14.8 Å². The largest absolute Gasteiger partial charge is 0.478 e. The number of carboxylic acids is 1. The summed E-state index contributed by atoms with van der Waals surface area (Å²) in [5.74, 6) is -0.630. The van der Waals surface area contributed by atoms with E-state index in [-0.39, 0.29) is 17.0 Å². The molecule has 0 aliphatic heterocycles. The van der Waals surface area contributed by atoms with Crippen molar-refractivity contribution in [2.75, 3.05) is 5.32 Å². The molecule has 8 heteroatoms. The Balaban J connectivity index is 1.59. The van der Waals surface area contributed by atoms with E-state index in [2.05, 4.69) is 15.4 Å². The lowest BCUT2D eigenvalue weighted by Crippen LogP contribution is -2.12. The summed E-state index contributed by atoms with van der Waals surface area (Å²) in [6.45, 7) is 3.81. The Bertz CT molecular complexity index is 1610. The van der Waals surface area contributed by atoms with Gasteiger partial charge in [0.25, 0.3) is 0 Å². The number of aryl methyl sites for hydroxylation is 1. The number of nitrogens with zero attached hydrogens (tertiary/aromatic N) is 3. The number of carboxylic acid groups (broad SMARTS) is 1. The summed E-state index contributed by atoms with van der Waals surface area (Å²) in [5, 5.41) is 17.6. The standard InChI is InChI=1S/C27H22N4O4/c1-16-10-21(17(2)30-23-8-4-3-7-20(23)27(33)34)26-22(11-16)24(32)12-25(35-26)18-13-29-31(15-18)19-6-5-9-28-14-19/h3-15,17,30H,1-2H3,(H,33,34). The van der Waals surface area contributed by atoms with Crippen LogP contribution in [0.3, 0.4) is 0 Å². The zero-order chi connectivity index (χ0) is 24.5. The van der Waals surface area contributed by atoms with Crippen molar-refractivity contribution in [3.63, 3.8) is 0 Å². The van der Waals surface area contributed by atoms with Crippen LogP contribution < -0.4 is 10.7 Å². The second kappa shape index (κ2) is 8.90. The number of anilines is 1. The van der Waals surface area contributed by atoms with Crippen LogP contribution in [0.5, 0.6) is 0 Å². The molecular formula is C27H22N4O4. The Morgan fingerprint density at radius 1 is 1.11 bits per heavy atom. The fraction of sp³-hybridized carbons (Fsp3) is 0.111. The molecule has 174 valence electrons. The maximum absolute atomic E-state index is 13.1. The van der Waals surface area contributed by atoms with E-state index >= 15 is 0 Å². The minimum Gasteiger partial charge on any atom is -0.478 e. The average Bonchev–Trinajstić information content (AvgIpc) is 3.35. The predicted molar refractivity (Wildman–Crippen MR) is 133 cm³/mol. The highest BCUT2D eigenvalue weighted by atomic mass is 16.4. The third-order valence-electron chi connectivity index (χ3n) is 5.78. The minimum atomic E-state index is -1.02. The molecule has 0 aliphatic carbocycles. The monoisotopic (exact) mass is 466 g/mol. The lowest BCUT2D eigenvalue weighted by Gasteiger charge is -2.19. The van der Waals surface area contributed by atoms with Crippen LogP contribution in [0, 0.1) is 6.92 Å². The summed E-state index contributed by atoms with van der Waals surface area (Å²) in [6, 6.07) is 15.3. The van der Waals surface area contributed by atoms with Gasteiger partial charge >= 0.3 is 5.97 Å². The van der Waals surface area contributed by atoms with Crippen LogP contribution in [0.2, 0.25) is 0 Å². The Labute approximate surface area is 200 Å². The number of benzene rings is 2. The van der Waals surface area contributed by atoms with Gasteiger partial charge in [0.05, 0.1) is 40.6 Å². The zero-order valence-electron chi connectivity index (χ0n) is 19.1. The third kappa shape index (κ3) is 4.29. The highest BCUT2D eigenvalue weighted by Crippen LogP contribution is 2.31. The van der Waals surface area contributed by atoms with E-state index in [1.165, 1.54) is 6.07 Å². The number of carbonyl (C=O) groups is 1. The number of hydrogen-bond donors (Lipinski definition) is 2. The topological polar surface area (TPSA) is 110 Å². The fourth-order valence-electron chi connectivity index (χ4n) is 4.09. The summed E-state index contributed by atoms with van der Waals surface area (Å²) < 4.78 is 7.94. The second-order valence-electron chi connectivity index (χ2n) is 8.31. The van der Waals surface area contributed by atoms with Crippen molar-refractivity contribution in [3.8, 4) is 17.0 Å². The number of fused-ring (bicyclic) bond motifs is 1. The molecule has 0 fully saturated rings. The molecule has 3 aromatic heterocycles. The first-order valence-corrected chi connectivity index (χ1v) is 11.0. The Hall–Kier alpha value is -4.72. The summed E-state index contributed by atoms with van der Waals surface area (Å²) in [6.07, 6.45) is 6.79. The van der Waals surface area contributed by atoms with Crippen LogP contribution in [0.1, 0.15) is 34.5 Å². The number of pyridine rings is 1. The van der Waals surface area contributed by atoms with E-state index in [9.17, 15) is 14.7 Å². The molecule has 0 aliphatic rings. The van der Waals surface area contributed by atoms with Crippen molar-refractivity contribution in [1.29, 1.82) is 0 Å². The Morgan fingerprint density at radius 3 is 2.71 bits per heavy atom. The number of hydrogen-bond acceptors (Lipinski definition) is 6. The van der Waals surface area contributed by atoms with Gasteiger partial charge in [-0.05, 0) is 49.7 Å². The quantitative estimate of drug-likeness (QED) is 0.353. The van der Waals surface area contributed by atoms with Gasteiger partial charge < -0.3 is 14.8 Å². The molecule has 2 aromatic carbocycles. The SMILES string of the molecule is Cc1cc(C(C)Nc2ccccc2C(=O)O)c2oc(-c3cnn(-c4cccnc4)c3)cc(=O)c2c1. The third-order valence-corrected chi connectivity index (χ3v) is 5.78. The predicted octanol–water partition coefficient (Wildman–Crippen LogP) is 5.22. The summed E-state index contributed by atoms with van der Waals surface area (Å²) >= 11 is 0. The molecule has 0 bridgehead atoms. The smallest absolute Gasteiger partial charge is 0.337 e. The molecule has 0 saturated carbocycles. The Kier molecular flexibility index (Phi) is 5.62. The van der Waals surface area contributed by atoms with E-state index in [0.717, 1.165) is 16.8 Å². The van der Waals surface area contributed by atoms with Crippen molar-refractivity contribution >= 4 is 22.6 Å². The minimum absolute atomic E-state index is 0.168. The zero-order valence-corrected chi connectivity index (χ0v) is 19.1. The molecule has 1 atom stereocenters. The highest BCUT2D eigenvalue weighted by Gasteiger charge is 2.19. The molecule has 3 heterocycles. The van der Waals surface area contributed by atoms with Crippen LogP contribution in [0.15, 0.2) is 88.6 Å². The van der Waals surface area contributed by atoms with Crippen LogP contribution in [0.25, 0.3) is 28.0 Å². The van der Waals surface area contributed by atoms with Crippen molar-refractivity contribution in [2.24, 2.45) is 0 Å². The maximum atomic E-state index is 13.1. The van der Waals surface area contributed by atoms with E-state index in [1.807, 2.05) is 32.0 Å². The van der Waals surface area contributed by atoms with Gasteiger partial charge in [-0.2, -0.15) is 5.10 Å². The second-order valence-corrected chi connectivity index (χ2v) is 8.31. The summed E-state index contributed by atoms with van der Waals surface area (Å²) in [4.78, 5) is 28.8. The summed E-state index contributed by atoms with van der Waals surface area (Å²) in [5.41, 5.74) is 4.01. The molecule has 0 amide bonds. The number of aromatic carboxylic acids is 1. The highest BCUT2D eigenvalue weighted by molar-refractivity contribution is 5.94. The molecule has 2 N–H and O–H groups in total. The lowest BCUT2D eigenvalue weighted by molar-refractivity contribution is 0.0698. The van der Waals surface area contributed by atoms with Crippen molar-refractivity contribution < 1.29 is 14.3 Å². The molecule has 8 nitrogen and oxygen atoms in total. The van der Waals surface area contributed by atoms with Crippen molar-refractivity contribution in [2.45, 2.75) is 19.9 Å². The average molecular weight is 466 g/mol. The molecule has 0 spiro atoms. The first-order chi connectivity index (χ1) is 16.9. The van der Waals surface area contributed by atoms with E-state index in [1.54, 1.807) is 59.8 Å². The van der Waals surface area contributed by atoms with Crippen molar-refractivity contribution in [3.05, 3.63) is 106 Å². The number of nitrogens with one attached hydrogen (secondary N) is 1. The first kappa shape index (κ1) is 22.1. The molecule has 35 heavy (non-hydrogen) atoms. The van der Waals surface area contributed by atoms with Gasteiger partial charge in [0.1, 0.15) is 11.3 Å². The molecule has 5 rings (SSSR count). The fourth-order valence-corrected chi connectivity index (χ4v) is 4.09. The van der Waals surface area contributed by atoms with E-state index < -0.39 is 5.97 Å². The van der Waals surface area contributed by atoms with Gasteiger partial charge in [0.15, 0.2) is 5.43 Å². The first-order valence-electron chi connectivity index (χ1n) is 11.0. The maximum Gasteiger partial charge on any atom is 0.337 e. The number of aromatic nitrogens is 3. The Morgan fingerprint density at radius 2 is 1.94 bits per heavy atom. The van der Waals surface area contributed by atoms with E-state index in [4.69, 9.17) is 4.42 Å². The lowest BCUT2D eigenvalue weighted by atomic mass is 10.0. The van der Waals surface area contributed by atoms with E-state index in [0.29, 0.717) is 28.0 Å². The van der Waals surface area contributed by atoms with Gasteiger partial charge in [0.2, 0.25) is 0 Å². The van der Waals surface area contributed by atoms with Gasteiger partial charge in [-0.15, -0.1) is 0 Å². The molecule has 1 unspecified atom stereocenters. The van der Waals surface area contributed by atoms with Gasteiger partial charge in [-0.25, -0.2) is 9.48 Å². The van der Waals surface area contributed by atoms with Gasteiger partial charge in [0, 0.05) is 29.7 Å². The van der Waals surface area contributed by atoms with Crippen LogP contribution in [0.4, 0.5) is 5.69 Å². The molecular weight excluding hydrogens is 444 g/mol. The van der Waals surface area contributed by atoms with Crippen LogP contribution in [-0.2, 0) is 0 Å². The normalized spacial score (nSPS) is 11.9. The molecule has 0 radical (unpaired) electrons. The molecule has 0 saturated heterocycles. The molecule has 5 aromatic rings. The van der Waals surface area contributed by atoms with Crippen LogP contribution >= 0.6 is 0 Å².